The minimum absolute atomic E-state index is 0.640. The fraction of sp³-hybridized carbons (Fsp3) is 0.947. The maximum absolute atomic E-state index is 2.71. The van der Waals surface area contributed by atoms with Gasteiger partial charge >= 0.3 is 0 Å². The summed E-state index contributed by atoms with van der Waals surface area (Å²) in [6.45, 7) is 9.48. The van der Waals surface area contributed by atoms with E-state index in [1.807, 2.05) is 0 Å². The second-order valence-corrected chi connectivity index (χ2v) is 13.2. The monoisotopic (exact) mass is 561 g/mol. The molecule has 0 bridgehead atoms. The zero-order valence-electron chi connectivity index (χ0n) is 28.3. The highest BCUT2D eigenvalue weighted by Crippen LogP contribution is 2.24. The van der Waals surface area contributed by atoms with Gasteiger partial charge in [-0.2, -0.15) is 0 Å². The average Bonchev–Trinajstić information content (AvgIpc) is 3.35. The van der Waals surface area contributed by atoms with Crippen molar-refractivity contribution >= 4 is 0 Å². The summed E-state index contributed by atoms with van der Waals surface area (Å²) in [4.78, 5) is 5.43. The molecule has 0 radical (unpaired) electrons. The molecule has 1 heterocycles. The number of rotatable bonds is 32. The molecule has 1 rings (SSSR count). The van der Waals surface area contributed by atoms with E-state index in [1.54, 1.807) is 0 Å². The van der Waals surface area contributed by atoms with Gasteiger partial charge < -0.3 is 9.80 Å². The van der Waals surface area contributed by atoms with Crippen LogP contribution in [0.25, 0.3) is 0 Å². The van der Waals surface area contributed by atoms with Crippen molar-refractivity contribution in [2.75, 3.05) is 13.1 Å². The van der Waals surface area contributed by atoms with Gasteiger partial charge in [0.25, 0.3) is 0 Å². The molecule has 1 unspecified atom stereocenters. The standard InChI is InChI=1S/C38H76N2/c1-4-7-10-13-16-19-21-23-26-29-32-35-40-37-36-39(34-31-28-25-18-15-12-9-6-3)38(40)33-30-27-24-22-20-17-14-11-8-5-2/h36-38H,4-35H2,1-3H3. The van der Waals surface area contributed by atoms with E-state index in [4.69, 9.17) is 0 Å². The van der Waals surface area contributed by atoms with Gasteiger partial charge in [0.2, 0.25) is 0 Å². The Morgan fingerprint density at radius 2 is 0.575 bits per heavy atom. The molecule has 2 nitrogen and oxygen atoms in total. The first-order valence-electron chi connectivity index (χ1n) is 19.0. The van der Waals surface area contributed by atoms with Crippen LogP contribution in [0.3, 0.4) is 0 Å². The lowest BCUT2D eigenvalue weighted by atomic mass is 10.0. The van der Waals surface area contributed by atoms with E-state index in [9.17, 15) is 0 Å². The first-order valence-corrected chi connectivity index (χ1v) is 19.0. The highest BCUT2D eigenvalue weighted by Gasteiger charge is 2.24. The molecule has 238 valence electrons. The van der Waals surface area contributed by atoms with E-state index in [0.717, 1.165) is 0 Å². The topological polar surface area (TPSA) is 6.48 Å². The highest BCUT2D eigenvalue weighted by atomic mass is 15.4. The van der Waals surface area contributed by atoms with Crippen molar-refractivity contribution in [1.82, 2.24) is 9.80 Å². The molecule has 0 saturated heterocycles. The van der Waals surface area contributed by atoms with Crippen LogP contribution in [0.5, 0.6) is 0 Å². The Balaban J connectivity index is 2.24. The Morgan fingerprint density at radius 1 is 0.325 bits per heavy atom. The van der Waals surface area contributed by atoms with Crippen molar-refractivity contribution in [1.29, 1.82) is 0 Å². The molecule has 0 aromatic rings. The second kappa shape index (κ2) is 29.8. The third-order valence-corrected chi connectivity index (χ3v) is 9.32. The zero-order chi connectivity index (χ0) is 28.8. The third kappa shape index (κ3) is 22.0. The maximum Gasteiger partial charge on any atom is 0.101 e. The summed E-state index contributed by atoms with van der Waals surface area (Å²) in [5.41, 5.74) is 0. The summed E-state index contributed by atoms with van der Waals surface area (Å²) in [5.74, 6) is 0. The van der Waals surface area contributed by atoms with Crippen molar-refractivity contribution in [2.24, 2.45) is 0 Å². The van der Waals surface area contributed by atoms with Gasteiger partial charge in [-0.1, -0.05) is 188 Å². The molecule has 0 N–H and O–H groups in total. The SMILES string of the molecule is CCCCCCCCCCCCCN1C=CN(CCCCCCCCCC)C1CCCCCCCCCCCC. The third-order valence-electron chi connectivity index (χ3n) is 9.32. The van der Waals surface area contributed by atoms with Crippen LogP contribution in [0, 0.1) is 0 Å². The van der Waals surface area contributed by atoms with Gasteiger partial charge in [0.1, 0.15) is 6.17 Å². The van der Waals surface area contributed by atoms with Crippen LogP contribution in [-0.4, -0.2) is 29.1 Å². The lowest BCUT2D eigenvalue weighted by Gasteiger charge is -2.33. The summed E-state index contributed by atoms with van der Waals surface area (Å²) in [7, 11) is 0. The van der Waals surface area contributed by atoms with Crippen LogP contribution >= 0.6 is 0 Å². The van der Waals surface area contributed by atoms with Crippen LogP contribution in [0.2, 0.25) is 0 Å². The molecular formula is C38H76N2. The van der Waals surface area contributed by atoms with Crippen molar-refractivity contribution in [3.05, 3.63) is 12.4 Å². The smallest absolute Gasteiger partial charge is 0.101 e. The molecule has 1 aliphatic heterocycles. The molecule has 0 saturated carbocycles. The fourth-order valence-electron chi connectivity index (χ4n) is 6.54. The fourth-order valence-corrected chi connectivity index (χ4v) is 6.54. The van der Waals surface area contributed by atoms with Crippen LogP contribution in [0.4, 0.5) is 0 Å². The lowest BCUT2D eigenvalue weighted by Crippen LogP contribution is -2.39. The van der Waals surface area contributed by atoms with E-state index >= 15 is 0 Å². The van der Waals surface area contributed by atoms with Gasteiger partial charge in [-0.05, 0) is 25.7 Å². The molecule has 40 heavy (non-hydrogen) atoms. The summed E-state index contributed by atoms with van der Waals surface area (Å²) in [6.07, 6.45) is 48.4. The second-order valence-electron chi connectivity index (χ2n) is 13.2. The molecule has 2 heteroatoms. The van der Waals surface area contributed by atoms with Crippen LogP contribution < -0.4 is 0 Å². The van der Waals surface area contributed by atoms with Gasteiger partial charge in [-0.15, -0.1) is 0 Å². The summed E-state index contributed by atoms with van der Waals surface area (Å²) in [6, 6.07) is 0. The van der Waals surface area contributed by atoms with E-state index in [0.29, 0.717) is 6.17 Å². The molecule has 0 amide bonds. The predicted octanol–water partition coefficient (Wildman–Crippen LogP) is 13.2. The quantitative estimate of drug-likeness (QED) is 0.0755. The molecule has 0 aromatic carbocycles. The molecule has 1 aliphatic rings. The van der Waals surface area contributed by atoms with Crippen LogP contribution in [-0.2, 0) is 0 Å². The molecule has 0 aliphatic carbocycles. The molecule has 0 aromatic heterocycles. The van der Waals surface area contributed by atoms with Crippen molar-refractivity contribution in [3.8, 4) is 0 Å². The lowest BCUT2D eigenvalue weighted by molar-refractivity contribution is 0.135. The first-order chi connectivity index (χ1) is 19.8. The highest BCUT2D eigenvalue weighted by molar-refractivity contribution is 4.97. The van der Waals surface area contributed by atoms with Gasteiger partial charge in [0.05, 0.1) is 0 Å². The Kier molecular flexibility index (Phi) is 27.9. The molecular weight excluding hydrogens is 484 g/mol. The Hall–Kier alpha value is -0.660. The minimum Gasteiger partial charge on any atom is -0.356 e. The largest absolute Gasteiger partial charge is 0.356 e. The molecule has 0 fully saturated rings. The van der Waals surface area contributed by atoms with E-state index in [-0.39, 0.29) is 0 Å². The van der Waals surface area contributed by atoms with E-state index in [2.05, 4.69) is 43.0 Å². The summed E-state index contributed by atoms with van der Waals surface area (Å²) >= 11 is 0. The van der Waals surface area contributed by atoms with Crippen molar-refractivity contribution in [3.63, 3.8) is 0 Å². The molecule has 1 atom stereocenters. The van der Waals surface area contributed by atoms with Crippen LogP contribution in [0.1, 0.15) is 213 Å². The number of nitrogens with zero attached hydrogens (tertiary/aromatic N) is 2. The van der Waals surface area contributed by atoms with Crippen molar-refractivity contribution < 1.29 is 0 Å². The number of hydrogen-bond donors (Lipinski definition) is 0. The first kappa shape index (κ1) is 37.4. The summed E-state index contributed by atoms with van der Waals surface area (Å²) < 4.78 is 0. The van der Waals surface area contributed by atoms with Gasteiger partial charge in [0.15, 0.2) is 0 Å². The van der Waals surface area contributed by atoms with Gasteiger partial charge in [-0.25, -0.2) is 0 Å². The maximum atomic E-state index is 2.71. The number of hydrogen-bond acceptors (Lipinski definition) is 2. The van der Waals surface area contributed by atoms with E-state index < -0.39 is 0 Å². The van der Waals surface area contributed by atoms with Crippen LogP contribution in [0.15, 0.2) is 12.4 Å². The summed E-state index contributed by atoms with van der Waals surface area (Å²) in [5, 5.41) is 0. The van der Waals surface area contributed by atoms with E-state index in [1.165, 1.54) is 206 Å². The molecule has 0 spiro atoms. The number of unbranched alkanes of at least 4 members (excludes halogenated alkanes) is 26. The van der Waals surface area contributed by atoms with Crippen molar-refractivity contribution in [2.45, 2.75) is 220 Å². The zero-order valence-corrected chi connectivity index (χ0v) is 28.3. The average molecular weight is 561 g/mol. The van der Waals surface area contributed by atoms with Gasteiger partial charge in [0, 0.05) is 25.5 Å². The predicted molar refractivity (Wildman–Crippen MR) is 182 cm³/mol. The Bertz CT molecular complexity index is 516. The minimum atomic E-state index is 0.640. The Morgan fingerprint density at radius 3 is 0.875 bits per heavy atom. The Labute approximate surface area is 254 Å². The normalized spacial score (nSPS) is 15.1. The van der Waals surface area contributed by atoms with Gasteiger partial charge in [-0.3, -0.25) is 0 Å².